The number of ether oxygens (including phenoxy) is 1. The van der Waals surface area contributed by atoms with Crippen molar-refractivity contribution in [1.82, 2.24) is 19.9 Å². The Kier molecular flexibility index (Phi) is 5.20. The van der Waals surface area contributed by atoms with Gasteiger partial charge < -0.3 is 14.2 Å². The average Bonchev–Trinajstić information content (AvgIpc) is 3.31. The van der Waals surface area contributed by atoms with Crippen LogP contribution in [0.2, 0.25) is 0 Å². The third kappa shape index (κ3) is 3.96. The number of nitrogens with zero attached hydrogens (tertiary/aromatic N) is 4. The zero-order valence-corrected chi connectivity index (χ0v) is 15.4. The molecule has 25 heavy (non-hydrogen) atoms. The molecule has 138 valence electrons. The lowest BCUT2D eigenvalue weighted by Gasteiger charge is -2.27. The van der Waals surface area contributed by atoms with Crippen molar-refractivity contribution in [2.45, 2.75) is 38.8 Å². The smallest absolute Gasteiger partial charge is 0.240 e. The molecule has 0 N–H and O–H groups in total. The Morgan fingerprint density at radius 1 is 1.20 bits per heavy atom. The molecule has 1 saturated heterocycles. The first-order valence-corrected chi connectivity index (χ1v) is 9.69. The molecular formula is C19H30N4O2. The first-order valence-electron chi connectivity index (χ1n) is 9.69. The lowest BCUT2D eigenvalue weighted by Crippen LogP contribution is -2.35. The van der Waals surface area contributed by atoms with Gasteiger partial charge in [0, 0.05) is 26.7 Å². The molecule has 4 atom stereocenters. The number of aromatic nitrogens is 2. The maximum atomic E-state index is 5.40. The molecule has 1 aromatic heterocycles. The molecule has 2 bridgehead atoms. The summed E-state index contributed by atoms with van der Waals surface area (Å²) in [5.74, 6) is 3.95. The van der Waals surface area contributed by atoms with Crippen molar-refractivity contribution in [3.05, 3.63) is 23.9 Å². The normalized spacial score (nSPS) is 31.5. The van der Waals surface area contributed by atoms with Gasteiger partial charge in [0.1, 0.15) is 6.10 Å². The topological polar surface area (TPSA) is 54.6 Å². The molecule has 4 rings (SSSR count). The lowest BCUT2D eigenvalue weighted by atomic mass is 9.93. The molecule has 1 aromatic rings. The minimum Gasteiger partial charge on any atom is -0.374 e. The fourth-order valence-corrected chi connectivity index (χ4v) is 4.60. The van der Waals surface area contributed by atoms with Crippen molar-refractivity contribution in [2.24, 2.45) is 17.8 Å². The standard InChI is InChI=1S/C19H30N4O2/c1-14(24-2)19-20-18(25-21-19)13-23-7-3-6-22(8-9-23)12-17-11-15-4-5-16(17)10-15/h4-5,14-17H,3,6-13H2,1-2H3/t14-,15+,16+,17-/m1/s1. The van der Waals surface area contributed by atoms with Crippen LogP contribution in [0.1, 0.15) is 44.0 Å². The van der Waals surface area contributed by atoms with Crippen molar-refractivity contribution < 1.29 is 9.26 Å². The highest BCUT2D eigenvalue weighted by atomic mass is 16.5. The highest BCUT2D eigenvalue weighted by molar-refractivity contribution is 5.10. The summed E-state index contributed by atoms with van der Waals surface area (Å²) in [7, 11) is 1.66. The Hall–Kier alpha value is -1.24. The van der Waals surface area contributed by atoms with E-state index in [1.54, 1.807) is 7.11 Å². The third-order valence-electron chi connectivity index (χ3n) is 6.15. The number of hydrogen-bond donors (Lipinski definition) is 0. The molecule has 2 heterocycles. The van der Waals surface area contributed by atoms with E-state index >= 15 is 0 Å². The van der Waals surface area contributed by atoms with Crippen LogP contribution in [0.25, 0.3) is 0 Å². The average molecular weight is 346 g/mol. The molecule has 6 heteroatoms. The van der Waals surface area contributed by atoms with E-state index in [1.165, 1.54) is 32.4 Å². The van der Waals surface area contributed by atoms with Crippen molar-refractivity contribution in [2.75, 3.05) is 39.8 Å². The van der Waals surface area contributed by atoms with Crippen LogP contribution < -0.4 is 0 Å². The number of rotatable bonds is 6. The van der Waals surface area contributed by atoms with Crippen LogP contribution in [-0.2, 0) is 11.3 Å². The van der Waals surface area contributed by atoms with Crippen LogP contribution >= 0.6 is 0 Å². The lowest BCUT2D eigenvalue weighted by molar-refractivity contribution is 0.109. The van der Waals surface area contributed by atoms with E-state index in [4.69, 9.17) is 9.26 Å². The van der Waals surface area contributed by atoms with E-state index in [0.717, 1.165) is 43.9 Å². The zero-order chi connectivity index (χ0) is 17.2. The highest BCUT2D eigenvalue weighted by Crippen LogP contribution is 2.43. The summed E-state index contributed by atoms with van der Waals surface area (Å²) in [6.07, 6.45) is 8.82. The van der Waals surface area contributed by atoms with Crippen molar-refractivity contribution in [1.29, 1.82) is 0 Å². The van der Waals surface area contributed by atoms with Gasteiger partial charge in [0.15, 0.2) is 5.82 Å². The first-order chi connectivity index (χ1) is 12.2. The fourth-order valence-electron chi connectivity index (χ4n) is 4.60. The van der Waals surface area contributed by atoms with Gasteiger partial charge >= 0.3 is 0 Å². The van der Waals surface area contributed by atoms with Crippen molar-refractivity contribution in [3.8, 4) is 0 Å². The molecular weight excluding hydrogens is 316 g/mol. The Morgan fingerprint density at radius 2 is 2.04 bits per heavy atom. The third-order valence-corrected chi connectivity index (χ3v) is 6.15. The van der Waals surface area contributed by atoms with E-state index in [9.17, 15) is 0 Å². The Bertz CT molecular complexity index is 602. The van der Waals surface area contributed by atoms with Gasteiger partial charge in [0.25, 0.3) is 0 Å². The van der Waals surface area contributed by atoms with Gasteiger partial charge in [-0.3, -0.25) is 4.90 Å². The number of fused-ring (bicyclic) bond motifs is 2. The summed E-state index contributed by atoms with van der Waals surface area (Å²) in [4.78, 5) is 9.58. The largest absolute Gasteiger partial charge is 0.374 e. The van der Waals surface area contributed by atoms with E-state index in [2.05, 4.69) is 32.1 Å². The van der Waals surface area contributed by atoms with E-state index < -0.39 is 0 Å². The Balaban J connectivity index is 1.26. The number of methoxy groups -OCH3 is 1. The van der Waals surface area contributed by atoms with Crippen LogP contribution in [0.15, 0.2) is 16.7 Å². The van der Waals surface area contributed by atoms with Crippen LogP contribution in [0, 0.1) is 17.8 Å². The van der Waals surface area contributed by atoms with Crippen LogP contribution in [0.3, 0.4) is 0 Å². The molecule has 3 aliphatic rings. The molecule has 1 aliphatic heterocycles. The minimum atomic E-state index is -0.118. The van der Waals surface area contributed by atoms with E-state index in [-0.39, 0.29) is 6.10 Å². The van der Waals surface area contributed by atoms with Crippen LogP contribution in [0.5, 0.6) is 0 Å². The van der Waals surface area contributed by atoms with Gasteiger partial charge in [-0.15, -0.1) is 0 Å². The van der Waals surface area contributed by atoms with Gasteiger partial charge in [-0.1, -0.05) is 17.3 Å². The summed E-state index contributed by atoms with van der Waals surface area (Å²) in [5, 5.41) is 4.03. The molecule has 0 aromatic carbocycles. The van der Waals surface area contributed by atoms with Crippen LogP contribution in [0.4, 0.5) is 0 Å². The molecule has 2 aliphatic carbocycles. The number of hydrogen-bond acceptors (Lipinski definition) is 6. The van der Waals surface area contributed by atoms with Gasteiger partial charge in [0.2, 0.25) is 5.89 Å². The first kappa shape index (κ1) is 17.2. The Labute approximate surface area is 150 Å². The second kappa shape index (κ2) is 7.56. The second-order valence-corrected chi connectivity index (χ2v) is 7.89. The summed E-state index contributed by atoms with van der Waals surface area (Å²) in [5.41, 5.74) is 0. The molecule has 0 unspecified atom stereocenters. The summed E-state index contributed by atoms with van der Waals surface area (Å²) < 4.78 is 10.6. The highest BCUT2D eigenvalue weighted by Gasteiger charge is 2.36. The Morgan fingerprint density at radius 3 is 2.80 bits per heavy atom. The maximum absolute atomic E-state index is 5.40. The monoisotopic (exact) mass is 346 g/mol. The second-order valence-electron chi connectivity index (χ2n) is 7.89. The molecule has 1 saturated carbocycles. The predicted molar refractivity (Wildman–Crippen MR) is 94.9 cm³/mol. The molecule has 0 spiro atoms. The van der Waals surface area contributed by atoms with Crippen LogP contribution in [-0.4, -0.2) is 59.8 Å². The van der Waals surface area contributed by atoms with Gasteiger partial charge in [0.05, 0.1) is 6.54 Å². The van der Waals surface area contributed by atoms with E-state index in [1.807, 2.05) is 6.92 Å². The predicted octanol–water partition coefficient (Wildman–Crippen LogP) is 2.50. The maximum Gasteiger partial charge on any atom is 0.240 e. The number of allylic oxidation sites excluding steroid dienone is 2. The molecule has 0 radical (unpaired) electrons. The minimum absolute atomic E-state index is 0.118. The molecule has 6 nitrogen and oxygen atoms in total. The quantitative estimate of drug-likeness (QED) is 0.738. The summed E-state index contributed by atoms with van der Waals surface area (Å²) >= 11 is 0. The van der Waals surface area contributed by atoms with Gasteiger partial charge in [-0.25, -0.2) is 0 Å². The van der Waals surface area contributed by atoms with Gasteiger partial charge in [-0.2, -0.15) is 4.98 Å². The van der Waals surface area contributed by atoms with Gasteiger partial charge in [-0.05, 0) is 57.0 Å². The molecule has 0 amide bonds. The summed E-state index contributed by atoms with van der Waals surface area (Å²) in [6.45, 7) is 8.49. The zero-order valence-electron chi connectivity index (χ0n) is 15.4. The van der Waals surface area contributed by atoms with Crippen molar-refractivity contribution in [3.63, 3.8) is 0 Å². The molecule has 2 fully saturated rings. The van der Waals surface area contributed by atoms with E-state index in [0.29, 0.717) is 11.7 Å². The fraction of sp³-hybridized carbons (Fsp3) is 0.789. The summed E-state index contributed by atoms with van der Waals surface area (Å²) in [6, 6.07) is 0. The SMILES string of the molecule is CO[C@H](C)c1noc(CN2CCCN(C[C@H]3C[C@H]4C=C[C@H]3C4)CC2)n1. The van der Waals surface area contributed by atoms with Crippen molar-refractivity contribution >= 4 is 0 Å².